The molecule has 4 rings (SSSR count). The third-order valence-corrected chi connectivity index (χ3v) is 5.05. The van der Waals surface area contributed by atoms with Gasteiger partial charge >= 0.3 is 11.9 Å². The summed E-state index contributed by atoms with van der Waals surface area (Å²) in [6, 6.07) is 0. The first-order valence-corrected chi connectivity index (χ1v) is 7.55. The Bertz CT molecular complexity index is 485. The van der Waals surface area contributed by atoms with Crippen molar-refractivity contribution < 1.29 is 29.3 Å². The van der Waals surface area contributed by atoms with E-state index < -0.39 is 35.3 Å². The molecule has 0 aliphatic heterocycles. The van der Waals surface area contributed by atoms with Gasteiger partial charge in [0.2, 0.25) is 0 Å². The highest BCUT2D eigenvalue weighted by Gasteiger charge is 2.68. The summed E-state index contributed by atoms with van der Waals surface area (Å²) in [7, 11) is 0. The van der Waals surface area contributed by atoms with Crippen LogP contribution in [-0.2, 0) is 19.1 Å². The Morgan fingerprint density at radius 1 is 1.09 bits per heavy atom. The second kappa shape index (κ2) is 4.55. The summed E-state index contributed by atoms with van der Waals surface area (Å²) in [6.45, 7) is 4.78. The molecular weight excluding hydrogens is 288 g/mol. The Labute approximate surface area is 129 Å². The van der Waals surface area contributed by atoms with Crippen LogP contribution in [-0.4, -0.2) is 45.6 Å². The van der Waals surface area contributed by atoms with Crippen molar-refractivity contribution in [3.63, 3.8) is 0 Å². The van der Waals surface area contributed by atoms with Crippen LogP contribution in [0.5, 0.6) is 0 Å². The van der Waals surface area contributed by atoms with Gasteiger partial charge in [-0.2, -0.15) is 0 Å². The second-order valence-corrected chi connectivity index (χ2v) is 7.79. The number of hydrogen-bond donors (Lipinski definition) is 2. The first-order chi connectivity index (χ1) is 10.1. The lowest BCUT2D eigenvalue weighted by atomic mass is 9.45. The number of ether oxygens (including phenoxy) is 2. The molecule has 2 atom stereocenters. The fraction of sp³-hybridized carbons (Fsp3) is 0.750. The molecule has 0 amide bonds. The van der Waals surface area contributed by atoms with E-state index in [4.69, 9.17) is 4.74 Å². The zero-order valence-electron chi connectivity index (χ0n) is 12.8. The summed E-state index contributed by atoms with van der Waals surface area (Å²) >= 11 is 0. The first-order valence-electron chi connectivity index (χ1n) is 7.55. The van der Waals surface area contributed by atoms with E-state index in [1.165, 1.54) is 0 Å². The number of hydrogen-bond acceptors (Lipinski definition) is 6. The van der Waals surface area contributed by atoms with Crippen molar-refractivity contribution in [2.45, 2.75) is 62.3 Å². The quantitative estimate of drug-likeness (QED) is 0.590. The molecule has 0 radical (unpaired) electrons. The Hall–Kier alpha value is -1.40. The van der Waals surface area contributed by atoms with E-state index in [0.29, 0.717) is 38.5 Å². The van der Waals surface area contributed by atoms with Crippen molar-refractivity contribution in [1.82, 2.24) is 0 Å². The summed E-state index contributed by atoms with van der Waals surface area (Å²) < 4.78 is 10.3. The van der Waals surface area contributed by atoms with Gasteiger partial charge in [0.15, 0.2) is 6.61 Å². The van der Waals surface area contributed by atoms with Crippen molar-refractivity contribution in [2.24, 2.45) is 5.41 Å². The van der Waals surface area contributed by atoms with E-state index >= 15 is 0 Å². The molecule has 4 aliphatic rings. The van der Waals surface area contributed by atoms with E-state index in [-0.39, 0.29) is 5.41 Å². The summed E-state index contributed by atoms with van der Waals surface area (Å²) in [6.07, 6.45) is 3.83. The van der Waals surface area contributed by atoms with Crippen LogP contribution in [0.3, 0.4) is 0 Å². The van der Waals surface area contributed by atoms with Crippen molar-refractivity contribution in [2.75, 3.05) is 6.61 Å². The van der Waals surface area contributed by atoms with Crippen LogP contribution in [0.2, 0.25) is 0 Å². The van der Waals surface area contributed by atoms with E-state index in [2.05, 4.69) is 11.3 Å². The number of rotatable bonds is 4. The monoisotopic (exact) mass is 310 g/mol. The second-order valence-electron chi connectivity index (χ2n) is 7.79. The molecule has 122 valence electrons. The van der Waals surface area contributed by atoms with Gasteiger partial charge in [-0.25, -0.2) is 9.59 Å². The van der Waals surface area contributed by atoms with Crippen LogP contribution < -0.4 is 0 Å². The molecule has 0 aromatic carbocycles. The average Bonchev–Trinajstić information content (AvgIpc) is 2.29. The lowest BCUT2D eigenvalue weighted by Crippen LogP contribution is -2.69. The molecule has 0 aromatic heterocycles. The molecule has 2 unspecified atom stereocenters. The highest BCUT2D eigenvalue weighted by Crippen LogP contribution is 2.65. The largest absolute Gasteiger partial charge is 0.456 e. The third-order valence-electron chi connectivity index (χ3n) is 5.05. The topological polar surface area (TPSA) is 93.1 Å². The molecule has 2 N–H and O–H groups in total. The summed E-state index contributed by atoms with van der Waals surface area (Å²) in [4.78, 5) is 23.0. The zero-order valence-corrected chi connectivity index (χ0v) is 12.8. The Morgan fingerprint density at radius 2 is 1.68 bits per heavy atom. The average molecular weight is 310 g/mol. The van der Waals surface area contributed by atoms with Crippen LogP contribution in [0.1, 0.15) is 45.4 Å². The Kier molecular flexibility index (Phi) is 3.21. The van der Waals surface area contributed by atoms with E-state index in [0.717, 1.165) is 6.08 Å². The first kappa shape index (κ1) is 15.5. The van der Waals surface area contributed by atoms with E-state index in [9.17, 15) is 19.8 Å². The number of aliphatic hydroxyl groups is 2. The maximum atomic E-state index is 12.0. The normalized spacial score (nSPS) is 45.4. The number of esters is 2. The van der Waals surface area contributed by atoms with Gasteiger partial charge in [-0.05, 0) is 24.7 Å². The van der Waals surface area contributed by atoms with Gasteiger partial charge in [0.25, 0.3) is 0 Å². The molecule has 6 nitrogen and oxygen atoms in total. The van der Waals surface area contributed by atoms with Gasteiger partial charge in [0.1, 0.15) is 5.60 Å². The minimum absolute atomic E-state index is 0.240. The maximum Gasteiger partial charge on any atom is 0.344 e. The van der Waals surface area contributed by atoms with Crippen molar-refractivity contribution >= 4 is 11.9 Å². The molecule has 0 saturated heterocycles. The van der Waals surface area contributed by atoms with Gasteiger partial charge in [0, 0.05) is 25.3 Å². The molecule has 0 heterocycles. The van der Waals surface area contributed by atoms with Crippen LogP contribution in [0.25, 0.3) is 0 Å². The molecule has 0 aromatic rings. The highest BCUT2D eigenvalue weighted by atomic mass is 16.6. The van der Waals surface area contributed by atoms with Gasteiger partial charge in [0.05, 0.1) is 11.2 Å². The van der Waals surface area contributed by atoms with Gasteiger partial charge in [-0.3, -0.25) is 0 Å². The van der Waals surface area contributed by atoms with Crippen LogP contribution in [0, 0.1) is 5.41 Å². The molecule has 22 heavy (non-hydrogen) atoms. The lowest BCUT2D eigenvalue weighted by Gasteiger charge is -2.66. The van der Waals surface area contributed by atoms with Crippen molar-refractivity contribution in [3.8, 4) is 0 Å². The number of carbonyl (C=O) groups excluding carboxylic acids is 2. The molecule has 4 fully saturated rings. The zero-order chi connectivity index (χ0) is 16.2. The Morgan fingerprint density at radius 3 is 2.18 bits per heavy atom. The predicted molar refractivity (Wildman–Crippen MR) is 75.7 cm³/mol. The number of carbonyl (C=O) groups is 2. The standard InChI is InChI=1S/C16H22O6/c1-3-11(17)21-4-12(18)22-16-7-13(2)5-14(19,9-16)8-15(20,6-13)10-16/h3,19-20H,1,4-10H2,2H3. The lowest BCUT2D eigenvalue weighted by molar-refractivity contribution is -0.282. The Balaban J connectivity index is 1.74. The molecule has 6 heteroatoms. The van der Waals surface area contributed by atoms with E-state index in [1.54, 1.807) is 0 Å². The SMILES string of the molecule is C=CC(=O)OCC(=O)OC12CC3(C)CC(O)(CC(O)(C3)C1)C2. The minimum Gasteiger partial charge on any atom is -0.456 e. The third kappa shape index (κ3) is 2.65. The van der Waals surface area contributed by atoms with Crippen LogP contribution in [0.4, 0.5) is 0 Å². The molecule has 4 saturated carbocycles. The summed E-state index contributed by atoms with van der Waals surface area (Å²) in [5.74, 6) is -1.35. The fourth-order valence-corrected chi connectivity index (χ4v) is 5.50. The maximum absolute atomic E-state index is 12.0. The highest BCUT2D eigenvalue weighted by molar-refractivity contribution is 5.83. The molecular formula is C16H22O6. The summed E-state index contributed by atoms with van der Waals surface area (Å²) in [5, 5.41) is 21.4. The van der Waals surface area contributed by atoms with Crippen molar-refractivity contribution in [1.29, 1.82) is 0 Å². The van der Waals surface area contributed by atoms with Gasteiger partial charge in [-0.15, -0.1) is 0 Å². The van der Waals surface area contributed by atoms with Crippen LogP contribution >= 0.6 is 0 Å². The van der Waals surface area contributed by atoms with Crippen LogP contribution in [0.15, 0.2) is 12.7 Å². The predicted octanol–water partition coefficient (Wildman–Crippen LogP) is 0.847. The van der Waals surface area contributed by atoms with Gasteiger partial charge in [-0.1, -0.05) is 13.5 Å². The van der Waals surface area contributed by atoms with Crippen molar-refractivity contribution in [3.05, 3.63) is 12.7 Å². The fourth-order valence-electron chi connectivity index (χ4n) is 5.50. The molecule has 4 bridgehead atoms. The van der Waals surface area contributed by atoms with Gasteiger partial charge < -0.3 is 19.7 Å². The summed E-state index contributed by atoms with van der Waals surface area (Å²) in [5.41, 5.74) is -3.09. The molecule has 0 spiro atoms. The van der Waals surface area contributed by atoms with E-state index in [1.807, 2.05) is 6.92 Å². The minimum atomic E-state index is -0.990. The smallest absolute Gasteiger partial charge is 0.344 e. The molecule has 4 aliphatic carbocycles.